The summed E-state index contributed by atoms with van der Waals surface area (Å²) < 4.78 is 0. The molecule has 1 atom stereocenters. The van der Waals surface area contributed by atoms with Gasteiger partial charge in [0, 0.05) is 17.1 Å². The van der Waals surface area contributed by atoms with Crippen molar-refractivity contribution in [3.63, 3.8) is 0 Å². The zero-order valence-corrected chi connectivity index (χ0v) is 10.6. The maximum absolute atomic E-state index is 5.91. The van der Waals surface area contributed by atoms with Gasteiger partial charge < -0.3 is 10.6 Å². The molecule has 1 aliphatic rings. The molecule has 1 aromatic rings. The molecule has 0 amide bonds. The fraction of sp³-hybridized carbons (Fsp3) is 0.538. The van der Waals surface area contributed by atoms with Crippen LogP contribution in [-0.4, -0.2) is 25.0 Å². The monoisotopic (exact) mass is 238 g/mol. The van der Waals surface area contributed by atoms with E-state index in [9.17, 15) is 0 Å². The first-order valence-electron chi connectivity index (χ1n) is 5.75. The predicted molar refractivity (Wildman–Crippen MR) is 68.6 cm³/mol. The average molecular weight is 239 g/mol. The lowest BCUT2D eigenvalue weighted by atomic mass is 9.73. The van der Waals surface area contributed by atoms with Gasteiger partial charge in [-0.3, -0.25) is 0 Å². The van der Waals surface area contributed by atoms with E-state index in [2.05, 4.69) is 31.1 Å². The standard InChI is InChI=1S/C13H19ClN2/c1-16(2)13(10-7-12(15)8-10)9-3-5-11(14)6-4-9/h3-6,10,12-13H,7-8,15H2,1-2H3. The van der Waals surface area contributed by atoms with E-state index in [4.69, 9.17) is 17.3 Å². The van der Waals surface area contributed by atoms with Crippen LogP contribution in [-0.2, 0) is 0 Å². The van der Waals surface area contributed by atoms with Crippen LogP contribution in [0.5, 0.6) is 0 Å². The second-order valence-corrected chi connectivity index (χ2v) is 5.39. The zero-order chi connectivity index (χ0) is 11.7. The van der Waals surface area contributed by atoms with Gasteiger partial charge in [0.1, 0.15) is 0 Å². The smallest absolute Gasteiger partial charge is 0.0406 e. The van der Waals surface area contributed by atoms with Gasteiger partial charge in [0.2, 0.25) is 0 Å². The molecular formula is C13H19ClN2. The molecule has 0 radical (unpaired) electrons. The third-order valence-corrected chi connectivity index (χ3v) is 3.68. The second kappa shape index (κ2) is 4.74. The van der Waals surface area contributed by atoms with Crippen LogP contribution in [0.25, 0.3) is 0 Å². The highest BCUT2D eigenvalue weighted by Gasteiger charge is 2.34. The first-order chi connectivity index (χ1) is 7.58. The lowest BCUT2D eigenvalue weighted by molar-refractivity contribution is 0.123. The van der Waals surface area contributed by atoms with Gasteiger partial charge in [0.05, 0.1) is 0 Å². The van der Waals surface area contributed by atoms with Crippen molar-refractivity contribution in [1.29, 1.82) is 0 Å². The Morgan fingerprint density at radius 1 is 1.25 bits per heavy atom. The Labute approximate surface area is 102 Å². The number of hydrogen-bond acceptors (Lipinski definition) is 2. The molecule has 0 bridgehead atoms. The summed E-state index contributed by atoms with van der Waals surface area (Å²) in [5.74, 6) is 0.686. The maximum atomic E-state index is 5.91. The number of rotatable bonds is 3. The van der Waals surface area contributed by atoms with Gasteiger partial charge in [0.25, 0.3) is 0 Å². The van der Waals surface area contributed by atoms with Crippen molar-refractivity contribution in [3.05, 3.63) is 34.9 Å². The van der Waals surface area contributed by atoms with E-state index in [1.165, 1.54) is 5.56 Å². The highest BCUT2D eigenvalue weighted by molar-refractivity contribution is 6.30. The molecule has 0 spiro atoms. The van der Waals surface area contributed by atoms with Crippen molar-refractivity contribution in [2.24, 2.45) is 11.7 Å². The molecule has 1 unspecified atom stereocenters. The Balaban J connectivity index is 2.16. The fourth-order valence-electron chi connectivity index (χ4n) is 2.62. The molecular weight excluding hydrogens is 220 g/mol. The van der Waals surface area contributed by atoms with Crippen molar-refractivity contribution in [2.45, 2.75) is 24.9 Å². The third-order valence-electron chi connectivity index (χ3n) is 3.43. The molecule has 1 fully saturated rings. The first kappa shape index (κ1) is 11.9. The van der Waals surface area contributed by atoms with Crippen LogP contribution in [0.4, 0.5) is 0 Å². The molecule has 1 saturated carbocycles. The Kier molecular flexibility index (Phi) is 3.53. The molecule has 88 valence electrons. The van der Waals surface area contributed by atoms with Gasteiger partial charge >= 0.3 is 0 Å². The topological polar surface area (TPSA) is 29.3 Å². The number of nitrogens with two attached hydrogens (primary N) is 1. The fourth-order valence-corrected chi connectivity index (χ4v) is 2.74. The van der Waals surface area contributed by atoms with E-state index in [0.717, 1.165) is 17.9 Å². The van der Waals surface area contributed by atoms with Crippen LogP contribution in [0.1, 0.15) is 24.4 Å². The quantitative estimate of drug-likeness (QED) is 0.878. The van der Waals surface area contributed by atoms with E-state index >= 15 is 0 Å². The van der Waals surface area contributed by atoms with E-state index in [0.29, 0.717) is 18.0 Å². The summed E-state index contributed by atoms with van der Waals surface area (Å²) >= 11 is 5.91. The van der Waals surface area contributed by atoms with Crippen molar-refractivity contribution < 1.29 is 0 Å². The predicted octanol–water partition coefficient (Wildman–Crippen LogP) is 2.68. The highest BCUT2D eigenvalue weighted by atomic mass is 35.5. The van der Waals surface area contributed by atoms with Crippen molar-refractivity contribution in [1.82, 2.24) is 4.90 Å². The summed E-state index contributed by atoms with van der Waals surface area (Å²) in [7, 11) is 4.26. The second-order valence-electron chi connectivity index (χ2n) is 4.95. The number of halogens is 1. The van der Waals surface area contributed by atoms with Crippen LogP contribution in [0.2, 0.25) is 5.02 Å². The minimum Gasteiger partial charge on any atom is -0.328 e. The third kappa shape index (κ3) is 2.40. The number of hydrogen-bond donors (Lipinski definition) is 1. The summed E-state index contributed by atoms with van der Waals surface area (Å²) in [5, 5.41) is 0.798. The van der Waals surface area contributed by atoms with Crippen LogP contribution in [0.15, 0.2) is 24.3 Å². The molecule has 0 heterocycles. The minimum absolute atomic E-state index is 0.403. The van der Waals surface area contributed by atoms with Gasteiger partial charge in [0.15, 0.2) is 0 Å². The summed E-state index contributed by atoms with van der Waals surface area (Å²) in [5.41, 5.74) is 7.21. The van der Waals surface area contributed by atoms with Crippen LogP contribution in [0, 0.1) is 5.92 Å². The van der Waals surface area contributed by atoms with Crippen molar-refractivity contribution in [3.8, 4) is 0 Å². The van der Waals surface area contributed by atoms with Gasteiger partial charge in [-0.15, -0.1) is 0 Å². The van der Waals surface area contributed by atoms with Crippen molar-refractivity contribution >= 4 is 11.6 Å². The van der Waals surface area contributed by atoms with E-state index in [-0.39, 0.29) is 0 Å². The minimum atomic E-state index is 0.403. The molecule has 0 aliphatic heterocycles. The summed E-state index contributed by atoms with van der Waals surface area (Å²) in [6.07, 6.45) is 2.26. The molecule has 0 saturated heterocycles. The number of benzene rings is 1. The maximum Gasteiger partial charge on any atom is 0.0406 e. The van der Waals surface area contributed by atoms with E-state index in [1.54, 1.807) is 0 Å². The lowest BCUT2D eigenvalue weighted by Crippen LogP contribution is -2.43. The van der Waals surface area contributed by atoms with Crippen molar-refractivity contribution in [2.75, 3.05) is 14.1 Å². The Bertz CT molecular complexity index is 341. The van der Waals surface area contributed by atoms with Gasteiger partial charge in [-0.05, 0) is 50.6 Å². The highest BCUT2D eigenvalue weighted by Crippen LogP contribution is 2.39. The molecule has 3 heteroatoms. The van der Waals surface area contributed by atoms with E-state index in [1.807, 2.05) is 12.1 Å². The zero-order valence-electron chi connectivity index (χ0n) is 9.86. The molecule has 2 N–H and O–H groups in total. The molecule has 1 aliphatic carbocycles. The summed E-state index contributed by atoms with van der Waals surface area (Å²) in [6.45, 7) is 0. The summed E-state index contributed by atoms with van der Waals surface area (Å²) in [4.78, 5) is 2.28. The Morgan fingerprint density at radius 2 is 1.81 bits per heavy atom. The normalized spacial score (nSPS) is 26.6. The largest absolute Gasteiger partial charge is 0.328 e. The van der Waals surface area contributed by atoms with Crippen LogP contribution < -0.4 is 5.73 Å². The molecule has 2 nitrogen and oxygen atoms in total. The molecule has 1 aromatic carbocycles. The Hall–Kier alpha value is -0.570. The van der Waals surface area contributed by atoms with Crippen LogP contribution >= 0.6 is 11.6 Å². The van der Waals surface area contributed by atoms with E-state index < -0.39 is 0 Å². The van der Waals surface area contributed by atoms with Gasteiger partial charge in [-0.25, -0.2) is 0 Å². The first-order valence-corrected chi connectivity index (χ1v) is 6.13. The molecule has 16 heavy (non-hydrogen) atoms. The van der Waals surface area contributed by atoms with Gasteiger partial charge in [-0.1, -0.05) is 23.7 Å². The lowest BCUT2D eigenvalue weighted by Gasteiger charge is -2.41. The molecule has 2 rings (SSSR count). The Morgan fingerprint density at radius 3 is 2.25 bits per heavy atom. The van der Waals surface area contributed by atoms with Gasteiger partial charge in [-0.2, -0.15) is 0 Å². The summed E-state index contributed by atoms with van der Waals surface area (Å²) in [6, 6.07) is 9.04. The SMILES string of the molecule is CN(C)C(c1ccc(Cl)cc1)C1CC(N)C1. The number of nitrogens with zero attached hydrogens (tertiary/aromatic N) is 1. The average Bonchev–Trinajstić information content (AvgIpc) is 2.18. The molecule has 0 aromatic heterocycles. The van der Waals surface area contributed by atoms with Crippen LogP contribution in [0.3, 0.4) is 0 Å².